The largest absolute Gasteiger partial charge is 0.481 e. The molecule has 0 aliphatic heterocycles. The van der Waals surface area contributed by atoms with Crippen LogP contribution in [0.3, 0.4) is 0 Å². The zero-order chi connectivity index (χ0) is 12.2. The smallest absolute Gasteiger partial charge is 0.311 e. The quantitative estimate of drug-likeness (QED) is 0.785. The highest BCUT2D eigenvalue weighted by molar-refractivity contribution is 5.73. The molecule has 1 saturated carbocycles. The average molecular weight is 230 g/mol. The van der Waals surface area contributed by atoms with Gasteiger partial charge in [0.05, 0.1) is 24.2 Å². The van der Waals surface area contributed by atoms with Crippen LogP contribution in [0.2, 0.25) is 0 Å². The van der Waals surface area contributed by atoms with Crippen LogP contribution in [-0.4, -0.2) is 37.0 Å². The predicted octanol–water partition coefficient (Wildman–Crippen LogP) is 2.07. The van der Waals surface area contributed by atoms with Crippen molar-refractivity contribution in [1.82, 2.24) is 0 Å². The maximum absolute atomic E-state index is 10.9. The molecule has 1 rings (SSSR count). The normalized spacial score (nSPS) is 26.7. The number of rotatable bonds is 5. The standard InChI is InChI=1S/C12H22O4/c1-12(2,11(13)14)8-16-10-6-4-5-9(7-10)15-3/h9-10H,4-8H2,1-3H3,(H,13,14). The third-order valence-electron chi connectivity index (χ3n) is 3.17. The fourth-order valence-electron chi connectivity index (χ4n) is 1.86. The first-order chi connectivity index (χ1) is 7.45. The van der Waals surface area contributed by atoms with Crippen LogP contribution in [0.5, 0.6) is 0 Å². The van der Waals surface area contributed by atoms with Crippen LogP contribution in [0.4, 0.5) is 0 Å². The number of aliphatic carboxylic acids is 1. The molecular weight excluding hydrogens is 208 g/mol. The minimum atomic E-state index is -0.813. The van der Waals surface area contributed by atoms with Crippen molar-refractivity contribution in [3.63, 3.8) is 0 Å². The number of carbonyl (C=O) groups is 1. The molecule has 1 aliphatic carbocycles. The highest BCUT2D eigenvalue weighted by atomic mass is 16.5. The minimum Gasteiger partial charge on any atom is -0.481 e. The van der Waals surface area contributed by atoms with Crippen molar-refractivity contribution in [3.05, 3.63) is 0 Å². The van der Waals surface area contributed by atoms with Crippen LogP contribution in [0.15, 0.2) is 0 Å². The Balaban J connectivity index is 2.35. The molecule has 1 fully saturated rings. The van der Waals surface area contributed by atoms with Gasteiger partial charge in [0.25, 0.3) is 0 Å². The van der Waals surface area contributed by atoms with Crippen molar-refractivity contribution in [2.24, 2.45) is 5.41 Å². The first-order valence-corrected chi connectivity index (χ1v) is 5.83. The predicted molar refractivity (Wildman–Crippen MR) is 60.4 cm³/mol. The highest BCUT2D eigenvalue weighted by Gasteiger charge is 2.30. The van der Waals surface area contributed by atoms with Gasteiger partial charge in [0.2, 0.25) is 0 Å². The zero-order valence-corrected chi connectivity index (χ0v) is 10.4. The Morgan fingerprint density at radius 2 is 2.00 bits per heavy atom. The molecule has 2 unspecified atom stereocenters. The van der Waals surface area contributed by atoms with Gasteiger partial charge in [-0.3, -0.25) is 4.79 Å². The van der Waals surface area contributed by atoms with Crippen molar-refractivity contribution in [3.8, 4) is 0 Å². The van der Waals surface area contributed by atoms with Gasteiger partial charge in [-0.25, -0.2) is 0 Å². The van der Waals surface area contributed by atoms with E-state index in [9.17, 15) is 4.79 Å². The van der Waals surface area contributed by atoms with Crippen LogP contribution in [0.1, 0.15) is 39.5 Å². The van der Waals surface area contributed by atoms with E-state index in [2.05, 4.69) is 0 Å². The molecule has 0 aromatic rings. The maximum atomic E-state index is 10.9. The summed E-state index contributed by atoms with van der Waals surface area (Å²) in [4.78, 5) is 10.9. The van der Waals surface area contributed by atoms with Crippen molar-refractivity contribution in [2.75, 3.05) is 13.7 Å². The molecule has 2 atom stereocenters. The van der Waals surface area contributed by atoms with Gasteiger partial charge in [-0.1, -0.05) is 0 Å². The topological polar surface area (TPSA) is 55.8 Å². The van der Waals surface area contributed by atoms with Crippen molar-refractivity contribution < 1.29 is 19.4 Å². The molecule has 4 heteroatoms. The molecule has 0 radical (unpaired) electrons. The number of methoxy groups -OCH3 is 1. The van der Waals surface area contributed by atoms with Crippen LogP contribution >= 0.6 is 0 Å². The third-order valence-corrected chi connectivity index (χ3v) is 3.17. The van der Waals surface area contributed by atoms with Gasteiger partial charge in [0, 0.05) is 7.11 Å². The average Bonchev–Trinajstić information content (AvgIpc) is 2.26. The molecule has 16 heavy (non-hydrogen) atoms. The van der Waals surface area contributed by atoms with Crippen molar-refractivity contribution in [2.45, 2.75) is 51.7 Å². The second-order valence-corrected chi connectivity index (χ2v) is 5.15. The van der Waals surface area contributed by atoms with E-state index >= 15 is 0 Å². The van der Waals surface area contributed by atoms with E-state index in [1.165, 1.54) is 0 Å². The summed E-state index contributed by atoms with van der Waals surface area (Å²) in [6.07, 6.45) is 4.49. The Labute approximate surface area is 96.9 Å². The molecule has 0 saturated heterocycles. The van der Waals surface area contributed by atoms with Gasteiger partial charge in [0.1, 0.15) is 0 Å². The van der Waals surface area contributed by atoms with Gasteiger partial charge >= 0.3 is 5.97 Å². The van der Waals surface area contributed by atoms with Crippen LogP contribution in [0, 0.1) is 5.41 Å². The maximum Gasteiger partial charge on any atom is 0.311 e. The van der Waals surface area contributed by atoms with E-state index in [1.807, 2.05) is 0 Å². The summed E-state index contributed by atoms with van der Waals surface area (Å²) in [7, 11) is 1.72. The first kappa shape index (κ1) is 13.5. The SMILES string of the molecule is COC1CCCC(OCC(C)(C)C(=O)O)C1. The second kappa shape index (κ2) is 5.64. The fourth-order valence-corrected chi connectivity index (χ4v) is 1.86. The lowest BCUT2D eigenvalue weighted by molar-refractivity contribution is -0.152. The molecule has 0 heterocycles. The second-order valence-electron chi connectivity index (χ2n) is 5.15. The number of carboxylic acid groups (broad SMARTS) is 1. The molecule has 0 bridgehead atoms. The monoisotopic (exact) mass is 230 g/mol. The number of hydrogen-bond donors (Lipinski definition) is 1. The van der Waals surface area contributed by atoms with E-state index in [0.29, 0.717) is 0 Å². The molecule has 0 spiro atoms. The minimum absolute atomic E-state index is 0.150. The molecule has 1 N–H and O–H groups in total. The van der Waals surface area contributed by atoms with Crippen molar-refractivity contribution in [1.29, 1.82) is 0 Å². The lowest BCUT2D eigenvalue weighted by Crippen LogP contribution is -2.34. The third kappa shape index (κ3) is 3.76. The Morgan fingerprint density at radius 3 is 2.56 bits per heavy atom. The van der Waals surface area contributed by atoms with Gasteiger partial charge < -0.3 is 14.6 Å². The molecule has 1 aliphatic rings. The lowest BCUT2D eigenvalue weighted by Gasteiger charge is -2.30. The van der Waals surface area contributed by atoms with E-state index in [4.69, 9.17) is 14.6 Å². The summed E-state index contributed by atoms with van der Waals surface area (Å²) in [5, 5.41) is 8.96. The molecule has 4 nitrogen and oxygen atoms in total. The molecule has 0 amide bonds. The van der Waals surface area contributed by atoms with Crippen LogP contribution < -0.4 is 0 Å². The van der Waals surface area contributed by atoms with E-state index in [-0.39, 0.29) is 18.8 Å². The van der Waals surface area contributed by atoms with Gasteiger partial charge in [-0.05, 0) is 39.5 Å². The van der Waals surface area contributed by atoms with E-state index in [1.54, 1.807) is 21.0 Å². The summed E-state index contributed by atoms with van der Waals surface area (Å²) in [6.45, 7) is 3.64. The number of hydrogen-bond acceptors (Lipinski definition) is 3. The Morgan fingerprint density at radius 1 is 1.38 bits per heavy atom. The highest BCUT2D eigenvalue weighted by Crippen LogP contribution is 2.25. The van der Waals surface area contributed by atoms with Crippen molar-refractivity contribution >= 4 is 5.97 Å². The summed E-state index contributed by atoms with van der Waals surface area (Å²) < 4.78 is 11.0. The van der Waals surface area contributed by atoms with Gasteiger partial charge in [-0.15, -0.1) is 0 Å². The molecule has 94 valence electrons. The molecule has 0 aromatic carbocycles. The number of ether oxygens (including phenoxy) is 2. The van der Waals surface area contributed by atoms with E-state index in [0.717, 1.165) is 25.7 Å². The number of carboxylic acids is 1. The van der Waals surface area contributed by atoms with Gasteiger partial charge in [0.15, 0.2) is 0 Å². The van der Waals surface area contributed by atoms with Crippen LogP contribution in [0.25, 0.3) is 0 Å². The Kier molecular flexibility index (Phi) is 4.74. The fraction of sp³-hybridized carbons (Fsp3) is 0.917. The Hall–Kier alpha value is -0.610. The summed E-state index contributed by atoms with van der Waals surface area (Å²) >= 11 is 0. The molecular formula is C12H22O4. The summed E-state index contributed by atoms with van der Waals surface area (Å²) in [5.74, 6) is -0.813. The zero-order valence-electron chi connectivity index (χ0n) is 10.4. The summed E-state index contributed by atoms with van der Waals surface area (Å²) in [6, 6.07) is 0. The Bertz CT molecular complexity index is 237. The van der Waals surface area contributed by atoms with Gasteiger partial charge in [-0.2, -0.15) is 0 Å². The lowest BCUT2D eigenvalue weighted by atomic mass is 9.93. The molecule has 0 aromatic heterocycles. The van der Waals surface area contributed by atoms with E-state index < -0.39 is 11.4 Å². The van der Waals surface area contributed by atoms with Crippen LogP contribution in [-0.2, 0) is 14.3 Å². The summed E-state index contributed by atoms with van der Waals surface area (Å²) in [5.41, 5.74) is -0.806. The first-order valence-electron chi connectivity index (χ1n) is 5.83.